The minimum absolute atomic E-state index is 0.0139. The number of rotatable bonds is 10. The van der Waals surface area contributed by atoms with E-state index in [2.05, 4.69) is 54.3 Å². The maximum atomic E-state index is 12.8. The van der Waals surface area contributed by atoms with Crippen molar-refractivity contribution in [2.45, 2.75) is 72.0 Å². The molecule has 3 aromatic rings. The number of pyridine rings is 1. The number of hydrogen-bond acceptors (Lipinski definition) is 5. The Morgan fingerprint density at radius 2 is 2.03 bits per heavy atom. The third kappa shape index (κ3) is 5.02. The van der Waals surface area contributed by atoms with Crippen LogP contribution in [0.3, 0.4) is 0 Å². The number of tetrazole rings is 1. The molecular formula is C23H35N6O2+. The van der Waals surface area contributed by atoms with E-state index in [4.69, 9.17) is 0 Å². The van der Waals surface area contributed by atoms with Crippen LogP contribution in [0.25, 0.3) is 10.9 Å². The summed E-state index contributed by atoms with van der Waals surface area (Å²) >= 11 is 0. The summed E-state index contributed by atoms with van der Waals surface area (Å²) in [6.45, 7) is 11.9. The van der Waals surface area contributed by atoms with Gasteiger partial charge < -0.3 is 15.0 Å². The van der Waals surface area contributed by atoms with Crippen LogP contribution in [0.15, 0.2) is 29.1 Å². The standard InChI is InChI=1S/C23H34N6O2/c1-6-20(21-25-26-27-29(21)23(4,5)7-2)28(11-8-12-30)15-18-14-17-13-16(3)9-10-19(17)24-22(18)31/h9-10,13-14,20,30H,6-8,11-12,15H2,1-5H3,(H,24,31)/p+1/t20-/m0/s1. The lowest BCUT2D eigenvalue weighted by Gasteiger charge is -2.30. The minimum atomic E-state index is -0.202. The van der Waals surface area contributed by atoms with E-state index in [-0.39, 0.29) is 23.7 Å². The van der Waals surface area contributed by atoms with Gasteiger partial charge >= 0.3 is 0 Å². The number of nitrogens with zero attached hydrogens (tertiary/aromatic N) is 4. The number of aliphatic hydroxyl groups excluding tert-OH is 1. The molecule has 168 valence electrons. The number of fused-ring (bicyclic) bond motifs is 1. The van der Waals surface area contributed by atoms with Crippen LogP contribution in [-0.2, 0) is 12.1 Å². The lowest BCUT2D eigenvalue weighted by Crippen LogP contribution is -3.11. The van der Waals surface area contributed by atoms with Crippen LogP contribution in [0, 0.1) is 6.92 Å². The maximum Gasteiger partial charge on any atom is 0.257 e. The van der Waals surface area contributed by atoms with Crippen LogP contribution in [0.5, 0.6) is 0 Å². The number of quaternary nitrogens is 1. The van der Waals surface area contributed by atoms with E-state index in [0.717, 1.165) is 47.2 Å². The second kappa shape index (κ2) is 9.70. The maximum absolute atomic E-state index is 12.8. The molecule has 3 N–H and O–H groups in total. The zero-order valence-electron chi connectivity index (χ0n) is 19.3. The van der Waals surface area contributed by atoms with Crippen LogP contribution in [0.2, 0.25) is 0 Å². The van der Waals surface area contributed by atoms with Gasteiger partial charge in [-0.25, -0.2) is 4.68 Å². The molecule has 0 aliphatic carbocycles. The number of aromatic nitrogens is 5. The van der Waals surface area contributed by atoms with E-state index in [9.17, 15) is 9.90 Å². The van der Waals surface area contributed by atoms with Gasteiger partial charge in [-0.2, -0.15) is 0 Å². The summed E-state index contributed by atoms with van der Waals surface area (Å²) in [5.41, 5.74) is 2.46. The zero-order valence-corrected chi connectivity index (χ0v) is 19.3. The minimum Gasteiger partial charge on any atom is -0.396 e. The Morgan fingerprint density at radius 1 is 1.26 bits per heavy atom. The molecule has 0 amide bonds. The van der Waals surface area contributed by atoms with E-state index in [0.29, 0.717) is 13.0 Å². The fraction of sp³-hybridized carbons (Fsp3) is 0.565. The van der Waals surface area contributed by atoms with Crippen molar-refractivity contribution in [2.75, 3.05) is 13.2 Å². The summed E-state index contributed by atoms with van der Waals surface area (Å²) in [5.74, 6) is 0.829. The number of aryl methyl sites for hydroxylation is 1. The van der Waals surface area contributed by atoms with E-state index in [1.165, 1.54) is 4.90 Å². The summed E-state index contributed by atoms with van der Waals surface area (Å²) in [7, 11) is 0. The molecule has 1 unspecified atom stereocenters. The molecule has 8 nitrogen and oxygen atoms in total. The van der Waals surface area contributed by atoms with Crippen LogP contribution < -0.4 is 10.5 Å². The monoisotopic (exact) mass is 427 g/mol. The highest BCUT2D eigenvalue weighted by Crippen LogP contribution is 2.22. The molecule has 31 heavy (non-hydrogen) atoms. The highest BCUT2D eigenvalue weighted by Gasteiger charge is 2.33. The fourth-order valence-corrected chi connectivity index (χ4v) is 4.09. The molecule has 0 bridgehead atoms. The van der Waals surface area contributed by atoms with Crippen LogP contribution >= 0.6 is 0 Å². The highest BCUT2D eigenvalue weighted by molar-refractivity contribution is 5.79. The largest absolute Gasteiger partial charge is 0.396 e. The quantitative estimate of drug-likeness (QED) is 0.459. The normalized spacial score (nSPS) is 14.1. The van der Waals surface area contributed by atoms with Gasteiger partial charge in [-0.05, 0) is 61.2 Å². The van der Waals surface area contributed by atoms with E-state index in [1.54, 1.807) is 0 Å². The van der Waals surface area contributed by atoms with Gasteiger partial charge in [-0.15, -0.1) is 5.10 Å². The Labute approximate surface area is 183 Å². The van der Waals surface area contributed by atoms with Crippen molar-refractivity contribution in [1.82, 2.24) is 25.2 Å². The van der Waals surface area contributed by atoms with Gasteiger partial charge in [0.05, 0.1) is 17.6 Å². The molecular weight excluding hydrogens is 392 g/mol. The number of H-pyrrole nitrogens is 1. The zero-order chi connectivity index (χ0) is 22.6. The number of benzene rings is 1. The summed E-state index contributed by atoms with van der Waals surface area (Å²) in [6.07, 6.45) is 2.37. The SMILES string of the molecule is CC[C@@H](c1nnnn1C(C)(C)CC)[NH+](CCCO)Cc1cc2cc(C)ccc2[nH]c1=O. The van der Waals surface area contributed by atoms with Crippen LogP contribution in [-0.4, -0.2) is 43.4 Å². The second-order valence-corrected chi connectivity index (χ2v) is 8.95. The molecule has 1 aromatic carbocycles. The van der Waals surface area contributed by atoms with Gasteiger partial charge in [0.2, 0.25) is 5.82 Å². The smallest absolute Gasteiger partial charge is 0.257 e. The summed E-state index contributed by atoms with van der Waals surface area (Å²) in [6, 6.07) is 8.04. The van der Waals surface area contributed by atoms with E-state index in [1.807, 2.05) is 29.8 Å². The first-order valence-corrected chi connectivity index (χ1v) is 11.2. The van der Waals surface area contributed by atoms with Gasteiger partial charge in [-0.3, -0.25) is 4.79 Å². The van der Waals surface area contributed by atoms with Gasteiger partial charge in [0.25, 0.3) is 5.56 Å². The lowest BCUT2D eigenvalue weighted by molar-refractivity contribution is -0.946. The molecule has 0 spiro atoms. The first kappa shape index (κ1) is 23.1. The molecule has 3 rings (SSSR count). The van der Waals surface area contributed by atoms with Crippen molar-refractivity contribution in [3.8, 4) is 0 Å². The molecule has 2 atom stereocenters. The number of hydrogen-bond donors (Lipinski definition) is 3. The van der Waals surface area contributed by atoms with Crippen molar-refractivity contribution in [1.29, 1.82) is 0 Å². The first-order valence-electron chi connectivity index (χ1n) is 11.2. The van der Waals surface area contributed by atoms with Crippen molar-refractivity contribution >= 4 is 10.9 Å². The van der Waals surface area contributed by atoms with Crippen molar-refractivity contribution in [3.05, 3.63) is 51.6 Å². The molecule has 0 aliphatic heterocycles. The topological polar surface area (TPSA) is 101 Å². The molecule has 2 aromatic heterocycles. The Bertz CT molecular complexity index is 1070. The van der Waals surface area contributed by atoms with Gasteiger partial charge in [0, 0.05) is 25.0 Å². The van der Waals surface area contributed by atoms with E-state index >= 15 is 0 Å². The Balaban J connectivity index is 2.00. The molecule has 0 fully saturated rings. The molecule has 8 heteroatoms. The molecule has 0 saturated carbocycles. The summed E-state index contributed by atoms with van der Waals surface area (Å²) in [4.78, 5) is 17.0. The number of aliphatic hydroxyl groups is 1. The van der Waals surface area contributed by atoms with Gasteiger partial charge in [-0.1, -0.05) is 25.5 Å². The average molecular weight is 428 g/mol. The first-order chi connectivity index (χ1) is 14.8. The number of aromatic amines is 1. The molecule has 0 radical (unpaired) electrons. The molecule has 2 heterocycles. The third-order valence-corrected chi connectivity index (χ3v) is 6.30. The Morgan fingerprint density at radius 3 is 2.71 bits per heavy atom. The highest BCUT2D eigenvalue weighted by atomic mass is 16.3. The fourth-order valence-electron chi connectivity index (χ4n) is 4.09. The van der Waals surface area contributed by atoms with Crippen LogP contribution in [0.1, 0.15) is 70.0 Å². The van der Waals surface area contributed by atoms with Gasteiger partial charge in [0.15, 0.2) is 0 Å². The van der Waals surface area contributed by atoms with Crippen LogP contribution in [0.4, 0.5) is 0 Å². The lowest BCUT2D eigenvalue weighted by atomic mass is 10.0. The van der Waals surface area contributed by atoms with Gasteiger partial charge in [0.1, 0.15) is 12.6 Å². The predicted octanol–water partition coefficient (Wildman–Crippen LogP) is 1.89. The van der Waals surface area contributed by atoms with Crippen molar-refractivity contribution in [2.24, 2.45) is 0 Å². The molecule has 0 aliphatic rings. The predicted molar refractivity (Wildman–Crippen MR) is 121 cm³/mol. The number of nitrogens with one attached hydrogen (secondary N) is 2. The van der Waals surface area contributed by atoms with Crippen molar-refractivity contribution in [3.63, 3.8) is 0 Å². The Kier molecular flexibility index (Phi) is 7.23. The molecule has 0 saturated heterocycles. The summed E-state index contributed by atoms with van der Waals surface area (Å²) in [5, 5.41) is 23.2. The third-order valence-electron chi connectivity index (χ3n) is 6.30. The van der Waals surface area contributed by atoms with Crippen molar-refractivity contribution < 1.29 is 10.0 Å². The average Bonchev–Trinajstić information content (AvgIpc) is 3.23. The second-order valence-electron chi connectivity index (χ2n) is 8.95. The summed E-state index contributed by atoms with van der Waals surface area (Å²) < 4.78 is 1.92. The van der Waals surface area contributed by atoms with E-state index < -0.39 is 0 Å². The Hall–Kier alpha value is -2.58.